The Morgan fingerprint density at radius 2 is 2.18 bits per heavy atom. The lowest BCUT2D eigenvalue weighted by molar-refractivity contribution is 0.0131. The SMILES string of the molecule is CCCc1c(Cl)ncnc1NCC(C)(O)CO. The van der Waals surface area contributed by atoms with E-state index in [-0.39, 0.29) is 13.2 Å². The highest BCUT2D eigenvalue weighted by Crippen LogP contribution is 2.21. The summed E-state index contributed by atoms with van der Waals surface area (Å²) in [6.07, 6.45) is 3.07. The lowest BCUT2D eigenvalue weighted by Crippen LogP contribution is -2.37. The average Bonchev–Trinajstić information content (AvgIpc) is 2.30. The molecule has 0 aliphatic carbocycles. The Labute approximate surface area is 106 Å². The quantitative estimate of drug-likeness (QED) is 0.670. The van der Waals surface area contributed by atoms with Gasteiger partial charge in [0.25, 0.3) is 0 Å². The molecule has 0 aliphatic heterocycles. The fourth-order valence-corrected chi connectivity index (χ4v) is 1.57. The van der Waals surface area contributed by atoms with Gasteiger partial charge in [0.15, 0.2) is 0 Å². The summed E-state index contributed by atoms with van der Waals surface area (Å²) in [6.45, 7) is 3.47. The minimum absolute atomic E-state index is 0.202. The molecule has 0 saturated heterocycles. The van der Waals surface area contributed by atoms with Crippen LogP contribution in [0.5, 0.6) is 0 Å². The summed E-state index contributed by atoms with van der Waals surface area (Å²) in [5, 5.41) is 22.0. The van der Waals surface area contributed by atoms with Gasteiger partial charge in [-0.2, -0.15) is 0 Å². The summed E-state index contributed by atoms with van der Waals surface area (Å²) < 4.78 is 0. The number of aromatic nitrogens is 2. The van der Waals surface area contributed by atoms with E-state index in [2.05, 4.69) is 15.3 Å². The van der Waals surface area contributed by atoms with Gasteiger partial charge in [0.2, 0.25) is 0 Å². The molecule has 0 aliphatic rings. The molecule has 1 aromatic heterocycles. The van der Waals surface area contributed by atoms with Gasteiger partial charge in [-0.3, -0.25) is 0 Å². The molecule has 6 heteroatoms. The van der Waals surface area contributed by atoms with Crippen LogP contribution in [0.4, 0.5) is 5.82 Å². The van der Waals surface area contributed by atoms with Gasteiger partial charge in [-0.1, -0.05) is 24.9 Å². The van der Waals surface area contributed by atoms with E-state index >= 15 is 0 Å². The molecule has 1 atom stereocenters. The molecule has 0 amide bonds. The van der Waals surface area contributed by atoms with Gasteiger partial charge < -0.3 is 15.5 Å². The van der Waals surface area contributed by atoms with Crippen LogP contribution in [0.25, 0.3) is 0 Å². The highest BCUT2D eigenvalue weighted by atomic mass is 35.5. The Morgan fingerprint density at radius 3 is 2.76 bits per heavy atom. The van der Waals surface area contributed by atoms with Gasteiger partial charge in [-0.05, 0) is 13.3 Å². The van der Waals surface area contributed by atoms with Gasteiger partial charge in [0.1, 0.15) is 22.9 Å². The summed E-state index contributed by atoms with van der Waals surface area (Å²) in [7, 11) is 0. The van der Waals surface area contributed by atoms with E-state index in [1.54, 1.807) is 6.92 Å². The molecule has 0 aromatic carbocycles. The number of nitrogens with one attached hydrogen (secondary N) is 1. The first-order chi connectivity index (χ1) is 8.00. The average molecular weight is 260 g/mol. The van der Waals surface area contributed by atoms with Gasteiger partial charge in [-0.25, -0.2) is 9.97 Å². The number of aliphatic hydroxyl groups excluding tert-OH is 1. The van der Waals surface area contributed by atoms with Crippen molar-refractivity contribution < 1.29 is 10.2 Å². The number of hydrogen-bond donors (Lipinski definition) is 3. The third-order valence-electron chi connectivity index (χ3n) is 2.37. The van der Waals surface area contributed by atoms with Crippen molar-refractivity contribution >= 4 is 17.4 Å². The number of hydrogen-bond acceptors (Lipinski definition) is 5. The number of aliphatic hydroxyl groups is 2. The van der Waals surface area contributed by atoms with Crippen LogP contribution in [0.2, 0.25) is 5.15 Å². The maximum absolute atomic E-state index is 9.69. The Bertz CT molecular complexity index is 372. The van der Waals surface area contributed by atoms with E-state index in [9.17, 15) is 5.11 Å². The lowest BCUT2D eigenvalue weighted by atomic mass is 10.1. The van der Waals surface area contributed by atoms with E-state index in [0.29, 0.717) is 11.0 Å². The molecule has 96 valence electrons. The first kappa shape index (κ1) is 14.2. The van der Waals surface area contributed by atoms with E-state index in [0.717, 1.165) is 18.4 Å². The van der Waals surface area contributed by atoms with Crippen molar-refractivity contribution in [2.75, 3.05) is 18.5 Å². The van der Waals surface area contributed by atoms with Crippen molar-refractivity contribution in [3.63, 3.8) is 0 Å². The van der Waals surface area contributed by atoms with Crippen LogP contribution in [0, 0.1) is 0 Å². The Hall–Kier alpha value is -0.910. The summed E-state index contributed by atoms with van der Waals surface area (Å²) >= 11 is 5.99. The van der Waals surface area contributed by atoms with Crippen LogP contribution < -0.4 is 5.32 Å². The highest BCUT2D eigenvalue weighted by molar-refractivity contribution is 6.30. The van der Waals surface area contributed by atoms with E-state index in [1.165, 1.54) is 6.33 Å². The molecule has 1 unspecified atom stereocenters. The minimum Gasteiger partial charge on any atom is -0.393 e. The molecule has 0 fully saturated rings. The fourth-order valence-electron chi connectivity index (χ4n) is 1.34. The molecule has 1 aromatic rings. The van der Waals surface area contributed by atoms with Gasteiger partial charge in [-0.15, -0.1) is 0 Å². The van der Waals surface area contributed by atoms with E-state index in [1.807, 2.05) is 6.92 Å². The zero-order valence-corrected chi connectivity index (χ0v) is 10.8. The predicted molar refractivity (Wildman–Crippen MR) is 67.2 cm³/mol. The zero-order valence-electron chi connectivity index (χ0n) is 10.1. The Morgan fingerprint density at radius 1 is 1.47 bits per heavy atom. The molecule has 0 radical (unpaired) electrons. The monoisotopic (exact) mass is 259 g/mol. The van der Waals surface area contributed by atoms with Crippen LogP contribution in [0.1, 0.15) is 25.8 Å². The summed E-state index contributed by atoms with van der Waals surface area (Å²) in [5.74, 6) is 0.612. The summed E-state index contributed by atoms with van der Waals surface area (Å²) in [5.41, 5.74) is -0.341. The van der Waals surface area contributed by atoms with Crippen LogP contribution in [-0.2, 0) is 6.42 Å². The highest BCUT2D eigenvalue weighted by Gasteiger charge is 2.19. The molecule has 0 bridgehead atoms. The van der Waals surface area contributed by atoms with Crippen LogP contribution in [-0.4, -0.2) is 38.9 Å². The molecule has 0 saturated carbocycles. The summed E-state index contributed by atoms with van der Waals surface area (Å²) in [4.78, 5) is 8.02. The van der Waals surface area contributed by atoms with Crippen molar-refractivity contribution in [2.24, 2.45) is 0 Å². The Balaban J connectivity index is 2.80. The second-order valence-corrected chi connectivity index (χ2v) is 4.61. The molecule has 0 spiro atoms. The zero-order chi connectivity index (χ0) is 12.9. The molecule has 1 rings (SSSR count). The lowest BCUT2D eigenvalue weighted by Gasteiger charge is -2.22. The fraction of sp³-hybridized carbons (Fsp3) is 0.636. The first-order valence-corrected chi connectivity index (χ1v) is 5.94. The van der Waals surface area contributed by atoms with Gasteiger partial charge in [0, 0.05) is 12.1 Å². The minimum atomic E-state index is -1.18. The topological polar surface area (TPSA) is 78.3 Å². The van der Waals surface area contributed by atoms with Gasteiger partial charge in [0.05, 0.1) is 6.61 Å². The van der Waals surface area contributed by atoms with Crippen molar-refractivity contribution in [1.29, 1.82) is 0 Å². The third-order valence-corrected chi connectivity index (χ3v) is 2.70. The van der Waals surface area contributed by atoms with Crippen LogP contribution in [0.3, 0.4) is 0 Å². The van der Waals surface area contributed by atoms with Crippen molar-refractivity contribution in [1.82, 2.24) is 9.97 Å². The Kier molecular flexibility index (Phi) is 5.11. The normalized spacial score (nSPS) is 14.4. The predicted octanol–water partition coefficient (Wildman–Crippen LogP) is 1.24. The van der Waals surface area contributed by atoms with Crippen molar-refractivity contribution in [3.8, 4) is 0 Å². The smallest absolute Gasteiger partial charge is 0.137 e. The van der Waals surface area contributed by atoms with Crippen LogP contribution >= 0.6 is 11.6 Å². The number of anilines is 1. The standard InChI is InChI=1S/C11H18ClN3O2/c1-3-4-8-9(12)14-7-15-10(8)13-5-11(2,17)6-16/h7,16-17H,3-6H2,1-2H3,(H,13,14,15). The third kappa shape index (κ3) is 4.11. The summed E-state index contributed by atoms with van der Waals surface area (Å²) in [6, 6.07) is 0. The molecular formula is C11H18ClN3O2. The molecule has 17 heavy (non-hydrogen) atoms. The molecule has 3 N–H and O–H groups in total. The second kappa shape index (κ2) is 6.14. The largest absolute Gasteiger partial charge is 0.393 e. The molecular weight excluding hydrogens is 242 g/mol. The number of nitrogens with zero attached hydrogens (tertiary/aromatic N) is 2. The van der Waals surface area contributed by atoms with E-state index < -0.39 is 5.60 Å². The van der Waals surface area contributed by atoms with Crippen molar-refractivity contribution in [3.05, 3.63) is 17.0 Å². The maximum atomic E-state index is 9.69. The van der Waals surface area contributed by atoms with Crippen molar-refractivity contribution in [2.45, 2.75) is 32.3 Å². The van der Waals surface area contributed by atoms with Gasteiger partial charge >= 0.3 is 0 Å². The molecule has 5 nitrogen and oxygen atoms in total. The number of rotatable bonds is 6. The van der Waals surface area contributed by atoms with E-state index in [4.69, 9.17) is 16.7 Å². The van der Waals surface area contributed by atoms with Crippen LogP contribution in [0.15, 0.2) is 6.33 Å². The maximum Gasteiger partial charge on any atom is 0.137 e. The molecule has 1 heterocycles. The first-order valence-electron chi connectivity index (χ1n) is 5.56. The second-order valence-electron chi connectivity index (χ2n) is 4.25. The number of halogens is 1.